The van der Waals surface area contributed by atoms with Gasteiger partial charge in [0.05, 0.1) is 0 Å². The SMILES string of the molecule is CC(CNCCc1ccccc1)CC(=O)O. The smallest absolute Gasteiger partial charge is 0.303 e. The third-order valence-electron chi connectivity index (χ3n) is 2.45. The van der Waals surface area contributed by atoms with Gasteiger partial charge in [0, 0.05) is 6.42 Å². The van der Waals surface area contributed by atoms with Crippen LogP contribution in [-0.2, 0) is 11.2 Å². The van der Waals surface area contributed by atoms with E-state index in [1.54, 1.807) is 0 Å². The maximum atomic E-state index is 10.4. The summed E-state index contributed by atoms with van der Waals surface area (Å²) in [6.07, 6.45) is 1.22. The van der Waals surface area contributed by atoms with Crippen LogP contribution >= 0.6 is 0 Å². The van der Waals surface area contributed by atoms with Crippen LogP contribution in [0.3, 0.4) is 0 Å². The zero-order valence-corrected chi connectivity index (χ0v) is 9.65. The van der Waals surface area contributed by atoms with Gasteiger partial charge in [-0.1, -0.05) is 37.3 Å². The van der Waals surface area contributed by atoms with E-state index in [9.17, 15) is 4.79 Å². The van der Waals surface area contributed by atoms with E-state index in [1.807, 2.05) is 25.1 Å². The number of rotatable bonds is 7. The summed E-state index contributed by atoms with van der Waals surface area (Å²) < 4.78 is 0. The Bertz CT molecular complexity index is 311. The fourth-order valence-corrected chi connectivity index (χ4v) is 1.60. The molecule has 0 saturated heterocycles. The van der Waals surface area contributed by atoms with Crippen LogP contribution in [0.25, 0.3) is 0 Å². The highest BCUT2D eigenvalue weighted by atomic mass is 16.4. The topological polar surface area (TPSA) is 49.3 Å². The van der Waals surface area contributed by atoms with Crippen molar-refractivity contribution >= 4 is 5.97 Å². The summed E-state index contributed by atoms with van der Waals surface area (Å²) in [6, 6.07) is 10.3. The number of hydrogen-bond acceptors (Lipinski definition) is 2. The Morgan fingerprint density at radius 2 is 2.06 bits per heavy atom. The van der Waals surface area contributed by atoms with E-state index in [1.165, 1.54) is 5.56 Å². The molecule has 0 spiro atoms. The summed E-state index contributed by atoms with van der Waals surface area (Å²) in [5, 5.41) is 11.9. The van der Waals surface area contributed by atoms with Crippen LogP contribution in [0.4, 0.5) is 0 Å². The predicted molar refractivity (Wildman–Crippen MR) is 64.4 cm³/mol. The molecule has 1 rings (SSSR count). The fraction of sp³-hybridized carbons (Fsp3) is 0.462. The highest BCUT2D eigenvalue weighted by Crippen LogP contribution is 2.01. The summed E-state index contributed by atoms with van der Waals surface area (Å²) in [5.41, 5.74) is 1.31. The minimum absolute atomic E-state index is 0.188. The first-order valence-electron chi connectivity index (χ1n) is 5.65. The third kappa shape index (κ3) is 5.51. The second kappa shape index (κ2) is 7.01. The van der Waals surface area contributed by atoms with Gasteiger partial charge in [-0.2, -0.15) is 0 Å². The molecule has 0 aliphatic rings. The fourth-order valence-electron chi connectivity index (χ4n) is 1.60. The molecule has 0 radical (unpaired) electrons. The molecule has 0 aromatic heterocycles. The van der Waals surface area contributed by atoms with Crippen molar-refractivity contribution in [1.82, 2.24) is 5.32 Å². The number of carboxylic acid groups (broad SMARTS) is 1. The first-order valence-corrected chi connectivity index (χ1v) is 5.65. The highest BCUT2D eigenvalue weighted by Gasteiger charge is 2.06. The average molecular weight is 221 g/mol. The Morgan fingerprint density at radius 3 is 2.69 bits per heavy atom. The van der Waals surface area contributed by atoms with Crippen molar-refractivity contribution in [3.63, 3.8) is 0 Å². The van der Waals surface area contributed by atoms with Crippen molar-refractivity contribution in [2.45, 2.75) is 19.8 Å². The minimum atomic E-state index is -0.725. The van der Waals surface area contributed by atoms with Gasteiger partial charge in [0.1, 0.15) is 0 Å². The van der Waals surface area contributed by atoms with Crippen molar-refractivity contribution < 1.29 is 9.90 Å². The molecule has 0 fully saturated rings. The Morgan fingerprint density at radius 1 is 1.38 bits per heavy atom. The Kier molecular flexibility index (Phi) is 5.57. The van der Waals surface area contributed by atoms with Crippen LogP contribution in [-0.4, -0.2) is 24.2 Å². The number of nitrogens with one attached hydrogen (secondary N) is 1. The van der Waals surface area contributed by atoms with E-state index in [0.29, 0.717) is 0 Å². The number of carbonyl (C=O) groups is 1. The molecule has 0 aliphatic heterocycles. The van der Waals surface area contributed by atoms with Crippen molar-refractivity contribution in [3.8, 4) is 0 Å². The lowest BCUT2D eigenvalue weighted by molar-refractivity contribution is -0.137. The molecular formula is C13H19NO2. The van der Waals surface area contributed by atoms with E-state index >= 15 is 0 Å². The van der Waals surface area contributed by atoms with Gasteiger partial charge in [0.15, 0.2) is 0 Å². The molecule has 88 valence electrons. The van der Waals surface area contributed by atoms with Crippen LogP contribution in [0, 0.1) is 5.92 Å². The van der Waals surface area contributed by atoms with Crippen LogP contribution in [0.2, 0.25) is 0 Å². The maximum absolute atomic E-state index is 10.4. The molecule has 2 N–H and O–H groups in total. The minimum Gasteiger partial charge on any atom is -0.481 e. The van der Waals surface area contributed by atoms with E-state index in [4.69, 9.17) is 5.11 Å². The van der Waals surface area contributed by atoms with Gasteiger partial charge in [0.2, 0.25) is 0 Å². The van der Waals surface area contributed by atoms with Gasteiger partial charge in [-0.15, -0.1) is 0 Å². The predicted octanol–water partition coefficient (Wildman–Crippen LogP) is 1.93. The van der Waals surface area contributed by atoms with Crippen LogP contribution < -0.4 is 5.32 Å². The van der Waals surface area contributed by atoms with Crippen LogP contribution in [0.15, 0.2) is 30.3 Å². The number of benzene rings is 1. The summed E-state index contributed by atoms with van der Waals surface area (Å²) in [4.78, 5) is 10.4. The molecule has 0 bridgehead atoms. The lowest BCUT2D eigenvalue weighted by atomic mass is 10.1. The van der Waals surface area contributed by atoms with Gasteiger partial charge in [0.25, 0.3) is 0 Å². The number of carboxylic acids is 1. The molecule has 0 heterocycles. The molecule has 0 saturated carbocycles. The first kappa shape index (κ1) is 12.7. The highest BCUT2D eigenvalue weighted by molar-refractivity contribution is 5.66. The molecule has 0 aliphatic carbocycles. The van der Waals surface area contributed by atoms with Gasteiger partial charge >= 0.3 is 5.97 Å². The molecule has 16 heavy (non-hydrogen) atoms. The van der Waals surface area contributed by atoms with Gasteiger partial charge in [-0.3, -0.25) is 4.79 Å². The molecule has 1 atom stereocenters. The van der Waals surface area contributed by atoms with Crippen molar-refractivity contribution in [1.29, 1.82) is 0 Å². The van der Waals surface area contributed by atoms with E-state index in [0.717, 1.165) is 19.5 Å². The van der Waals surface area contributed by atoms with E-state index < -0.39 is 5.97 Å². The molecule has 1 aromatic rings. The molecule has 3 heteroatoms. The first-order chi connectivity index (χ1) is 7.68. The Hall–Kier alpha value is -1.35. The lowest BCUT2D eigenvalue weighted by Crippen LogP contribution is -2.24. The van der Waals surface area contributed by atoms with Crippen molar-refractivity contribution in [2.75, 3.05) is 13.1 Å². The largest absolute Gasteiger partial charge is 0.481 e. The third-order valence-corrected chi connectivity index (χ3v) is 2.45. The monoisotopic (exact) mass is 221 g/mol. The second-order valence-corrected chi connectivity index (χ2v) is 4.14. The van der Waals surface area contributed by atoms with Gasteiger partial charge in [-0.05, 0) is 31.0 Å². The quantitative estimate of drug-likeness (QED) is 0.692. The normalized spacial score (nSPS) is 12.3. The zero-order valence-electron chi connectivity index (χ0n) is 9.65. The molecule has 0 amide bonds. The average Bonchev–Trinajstić information content (AvgIpc) is 2.25. The summed E-state index contributed by atoms with van der Waals surface area (Å²) in [7, 11) is 0. The van der Waals surface area contributed by atoms with Crippen molar-refractivity contribution in [2.24, 2.45) is 5.92 Å². The Labute approximate surface area is 96.5 Å². The Balaban J connectivity index is 2.10. The number of hydrogen-bond donors (Lipinski definition) is 2. The van der Waals surface area contributed by atoms with Crippen LogP contribution in [0.5, 0.6) is 0 Å². The zero-order chi connectivity index (χ0) is 11.8. The van der Waals surface area contributed by atoms with Crippen LogP contribution in [0.1, 0.15) is 18.9 Å². The number of aliphatic carboxylic acids is 1. The van der Waals surface area contributed by atoms with E-state index in [-0.39, 0.29) is 12.3 Å². The summed E-state index contributed by atoms with van der Waals surface area (Å²) in [5.74, 6) is -0.536. The summed E-state index contributed by atoms with van der Waals surface area (Å²) in [6.45, 7) is 3.61. The molecule has 1 unspecified atom stereocenters. The molecule has 1 aromatic carbocycles. The van der Waals surface area contributed by atoms with Gasteiger partial charge in [-0.25, -0.2) is 0 Å². The van der Waals surface area contributed by atoms with Gasteiger partial charge < -0.3 is 10.4 Å². The lowest BCUT2D eigenvalue weighted by Gasteiger charge is -2.10. The second-order valence-electron chi connectivity index (χ2n) is 4.14. The standard InChI is InChI=1S/C13H19NO2/c1-11(9-13(15)16)10-14-8-7-12-5-3-2-4-6-12/h2-6,11,14H,7-10H2,1H3,(H,15,16). The van der Waals surface area contributed by atoms with E-state index in [2.05, 4.69) is 17.4 Å². The molecule has 3 nitrogen and oxygen atoms in total. The molecular weight excluding hydrogens is 202 g/mol. The summed E-state index contributed by atoms with van der Waals surface area (Å²) >= 11 is 0. The van der Waals surface area contributed by atoms with Crippen molar-refractivity contribution in [3.05, 3.63) is 35.9 Å². The maximum Gasteiger partial charge on any atom is 0.303 e.